The van der Waals surface area contributed by atoms with Crippen molar-refractivity contribution < 1.29 is 5.11 Å². The van der Waals surface area contributed by atoms with E-state index in [1.165, 1.54) is 77.0 Å². The second kappa shape index (κ2) is 24.1. The van der Waals surface area contributed by atoms with Crippen LogP contribution in [-0.2, 0) is 0 Å². The van der Waals surface area contributed by atoms with E-state index in [4.69, 9.17) is 14.1 Å². The van der Waals surface area contributed by atoms with E-state index in [2.05, 4.69) is 74.8 Å². The van der Waals surface area contributed by atoms with E-state index in [1.807, 2.05) is 0 Å². The molecular weight excluding hydrogens is 481 g/mol. The molecule has 0 fully saturated rings. The lowest BCUT2D eigenvalue weighted by Crippen LogP contribution is -2.31. The van der Waals surface area contributed by atoms with Gasteiger partial charge in [-0.15, -0.1) is 0 Å². The quantitative estimate of drug-likeness (QED) is 0.126. The molecule has 0 saturated heterocycles. The Bertz CT molecular complexity index is 476. The third-order valence-corrected chi connectivity index (χ3v) is 12.5. The van der Waals surface area contributed by atoms with E-state index >= 15 is 0 Å². The summed E-state index contributed by atoms with van der Waals surface area (Å²) in [4.78, 5) is 0. The molecule has 0 heterocycles. The molecule has 2 unspecified atom stereocenters. The summed E-state index contributed by atoms with van der Waals surface area (Å²) in [6, 6.07) is 0. The summed E-state index contributed by atoms with van der Waals surface area (Å²) in [6.07, 6.45) is 16.1. The van der Waals surface area contributed by atoms with Crippen molar-refractivity contribution in [3.05, 3.63) is 0 Å². The number of nitrogens with zero attached hydrogens (tertiary/aromatic N) is 6. The van der Waals surface area contributed by atoms with E-state index in [1.54, 1.807) is 16.0 Å². The Kier molecular flexibility index (Phi) is 26.1. The van der Waals surface area contributed by atoms with Gasteiger partial charge in [-0.25, -0.2) is 4.67 Å². The average Bonchev–Trinajstić information content (AvgIpc) is 2.78. The number of aliphatic hydroxyl groups excluding tert-OH is 1. The van der Waals surface area contributed by atoms with Crippen LogP contribution in [0.5, 0.6) is 0 Å². The van der Waals surface area contributed by atoms with Crippen LogP contribution in [0.25, 0.3) is 0 Å². The fourth-order valence-corrected chi connectivity index (χ4v) is 11.5. The Hall–Kier alpha value is 0.690. The van der Waals surface area contributed by atoms with Crippen LogP contribution < -0.4 is 0 Å². The Labute approximate surface area is 217 Å². The molecule has 1 N–H and O–H groups in total. The Balaban J connectivity index is 0. The van der Waals surface area contributed by atoms with Crippen LogP contribution in [0, 0.1) is 0 Å². The number of rotatable bonds is 20. The molecule has 0 bridgehead atoms. The van der Waals surface area contributed by atoms with Gasteiger partial charge in [-0.1, -0.05) is 87.1 Å². The van der Waals surface area contributed by atoms with Crippen molar-refractivity contribution in [2.75, 3.05) is 62.0 Å². The smallest absolute Gasteiger partial charge is 0.218 e. The highest BCUT2D eigenvalue weighted by atomic mass is 31.2. The van der Waals surface area contributed by atoms with Gasteiger partial charge in [0, 0.05) is 19.7 Å². The van der Waals surface area contributed by atoms with Gasteiger partial charge in [0.2, 0.25) is 8.37 Å². The molecule has 0 aromatic rings. The first-order chi connectivity index (χ1) is 16.2. The summed E-state index contributed by atoms with van der Waals surface area (Å²) < 4.78 is 19.9. The second-order valence-corrected chi connectivity index (χ2v) is 15.8. The fourth-order valence-electron chi connectivity index (χ4n) is 4.03. The minimum Gasteiger partial charge on any atom is -0.397 e. The zero-order valence-electron chi connectivity index (χ0n) is 24.3. The zero-order valence-corrected chi connectivity index (χ0v) is 27.5. The molecule has 0 radical (unpaired) electrons. The van der Waals surface area contributed by atoms with Gasteiger partial charge in [0.25, 0.3) is 0 Å². The van der Waals surface area contributed by atoms with Gasteiger partial charge in [-0.2, -0.15) is 4.52 Å². The molecule has 0 spiro atoms. The lowest BCUT2D eigenvalue weighted by atomic mass is 10.1. The maximum atomic E-state index is 7.57. The topological polar surface area (TPSA) is 57.9 Å². The molecule has 7 nitrogen and oxygen atoms in total. The highest BCUT2D eigenvalue weighted by molar-refractivity contribution is 7.68. The molecule has 0 aromatic heterocycles. The average molecular weight is 543 g/mol. The van der Waals surface area contributed by atoms with Crippen molar-refractivity contribution in [3.63, 3.8) is 0 Å². The van der Waals surface area contributed by atoms with Crippen molar-refractivity contribution in [2.24, 2.45) is 9.03 Å². The molecule has 208 valence electrons. The molecular formula is C24H61N6OP3. The summed E-state index contributed by atoms with van der Waals surface area (Å²) in [5, 5.41) is 7.57. The van der Waals surface area contributed by atoms with Crippen molar-refractivity contribution in [3.8, 4) is 0 Å². The molecule has 0 aromatic carbocycles. The molecule has 0 amide bonds. The highest BCUT2D eigenvalue weighted by Crippen LogP contribution is 2.63. The first kappa shape index (κ1) is 36.8. The second-order valence-electron chi connectivity index (χ2n) is 9.38. The number of hydrogen-bond donors (Lipinski definition) is 1. The Morgan fingerprint density at radius 3 is 1.26 bits per heavy atom. The van der Waals surface area contributed by atoms with Gasteiger partial charge in [0.1, 0.15) is 0 Å². The van der Waals surface area contributed by atoms with Gasteiger partial charge in [0.15, 0.2) is 7.51 Å². The minimum absolute atomic E-state index is 0.250. The summed E-state index contributed by atoms with van der Waals surface area (Å²) in [6.45, 7) is 8.77. The van der Waals surface area contributed by atoms with Crippen molar-refractivity contribution in [2.45, 2.75) is 97.8 Å². The van der Waals surface area contributed by atoms with Gasteiger partial charge >= 0.3 is 0 Å². The largest absolute Gasteiger partial charge is 0.397 e. The first-order valence-corrected chi connectivity index (χ1v) is 16.9. The Morgan fingerprint density at radius 2 is 0.971 bits per heavy atom. The monoisotopic (exact) mass is 542 g/mol. The van der Waals surface area contributed by atoms with Gasteiger partial charge < -0.3 is 5.11 Å². The molecule has 2 atom stereocenters. The molecule has 0 aliphatic rings. The Morgan fingerprint density at radius 1 is 0.647 bits per heavy atom. The molecule has 0 saturated carbocycles. The first-order valence-electron chi connectivity index (χ1n) is 13.5. The van der Waals surface area contributed by atoms with Crippen molar-refractivity contribution in [1.29, 1.82) is 0 Å². The number of aliphatic hydroxyl groups is 1. The van der Waals surface area contributed by atoms with Crippen LogP contribution >= 0.6 is 24.9 Å². The fraction of sp³-hybridized carbons (Fsp3) is 1.00. The lowest BCUT2D eigenvalue weighted by Gasteiger charge is -2.42. The third kappa shape index (κ3) is 15.7. The highest BCUT2D eigenvalue weighted by Gasteiger charge is 2.31. The number of unbranched alkanes of at least 4 members (excludes halogenated alkanes) is 10. The molecule has 10 heteroatoms. The molecule has 0 aliphatic carbocycles. The van der Waals surface area contributed by atoms with E-state index in [-0.39, 0.29) is 6.61 Å². The predicted molar refractivity (Wildman–Crippen MR) is 162 cm³/mol. The third-order valence-electron chi connectivity index (χ3n) is 5.73. The van der Waals surface area contributed by atoms with Crippen LogP contribution in [0.1, 0.15) is 97.8 Å². The van der Waals surface area contributed by atoms with Crippen LogP contribution in [0.3, 0.4) is 0 Å². The molecule has 0 aliphatic heterocycles. The van der Waals surface area contributed by atoms with Crippen LogP contribution in [-0.4, -0.2) is 85.8 Å². The van der Waals surface area contributed by atoms with E-state index in [9.17, 15) is 0 Å². The maximum absolute atomic E-state index is 7.57. The van der Waals surface area contributed by atoms with Gasteiger partial charge in [-0.3, -0.25) is 18.5 Å². The lowest BCUT2D eigenvalue weighted by molar-refractivity contribution is 0.318. The molecule has 34 heavy (non-hydrogen) atoms. The normalized spacial score (nSPS) is 13.0. The van der Waals surface area contributed by atoms with E-state index in [0.29, 0.717) is 0 Å². The summed E-state index contributed by atoms with van der Waals surface area (Å²) in [5.41, 5.74) is 0. The van der Waals surface area contributed by atoms with E-state index in [0.717, 1.165) is 13.1 Å². The maximum Gasteiger partial charge on any atom is 0.218 e. The molecule has 0 rings (SSSR count). The van der Waals surface area contributed by atoms with Crippen molar-refractivity contribution in [1.82, 2.24) is 18.7 Å². The van der Waals surface area contributed by atoms with Crippen LogP contribution in [0.15, 0.2) is 9.03 Å². The SMILES string of the molecule is CCCCCCCCN(CCCCCCCC)P(N=[PH3])N=P(N(C)C)(N(C)C)N(C)C.CCO. The van der Waals surface area contributed by atoms with E-state index < -0.39 is 15.9 Å². The summed E-state index contributed by atoms with van der Waals surface area (Å²) >= 11 is 0. The van der Waals surface area contributed by atoms with Gasteiger partial charge in [-0.05, 0) is 62.1 Å². The standard InChI is InChI=1S/C22H55N6P3.C2H6O/c1-9-11-13-15-17-19-21-28(22-20-18-16-14-12-10-2)30(23-29)24-31(25(3)4,26(5)6)27(7)8;1-2-3/h9-22H2,1-8,29H3;3H,2H2,1H3. The summed E-state index contributed by atoms with van der Waals surface area (Å²) in [5.74, 6) is 0. The zero-order chi connectivity index (χ0) is 26.4. The predicted octanol–water partition coefficient (Wildman–Crippen LogP) is 7.66. The minimum atomic E-state index is -1.92. The summed E-state index contributed by atoms with van der Waals surface area (Å²) in [7, 11) is 12.0. The van der Waals surface area contributed by atoms with Crippen LogP contribution in [0.2, 0.25) is 0 Å². The van der Waals surface area contributed by atoms with Crippen molar-refractivity contribution >= 4 is 24.9 Å². The number of hydrogen-bond acceptors (Lipinski definition) is 4. The van der Waals surface area contributed by atoms with Gasteiger partial charge in [0.05, 0.1) is 0 Å². The van der Waals surface area contributed by atoms with Crippen LogP contribution in [0.4, 0.5) is 0 Å².